The number of halogens is 3. The van der Waals surface area contributed by atoms with Gasteiger partial charge in [-0.1, -0.05) is 30.3 Å². The summed E-state index contributed by atoms with van der Waals surface area (Å²) in [6.07, 6.45) is 4.69. The van der Waals surface area contributed by atoms with Crippen molar-refractivity contribution in [3.63, 3.8) is 0 Å². The molecular formula is C19H14F3NO3S. The van der Waals surface area contributed by atoms with Gasteiger partial charge < -0.3 is 9.15 Å². The summed E-state index contributed by atoms with van der Waals surface area (Å²) in [5, 5.41) is 0. The van der Waals surface area contributed by atoms with Crippen molar-refractivity contribution in [2.75, 3.05) is 0 Å². The smallest absolute Gasteiger partial charge is 0.475 e. The van der Waals surface area contributed by atoms with Crippen molar-refractivity contribution in [1.29, 1.82) is 0 Å². The van der Waals surface area contributed by atoms with Gasteiger partial charge in [0.1, 0.15) is 24.3 Å². The summed E-state index contributed by atoms with van der Waals surface area (Å²) in [5.41, 5.74) is -3.54. The predicted molar refractivity (Wildman–Crippen MR) is 95.1 cm³/mol. The van der Waals surface area contributed by atoms with E-state index >= 15 is 0 Å². The highest BCUT2D eigenvalue weighted by molar-refractivity contribution is 7.86. The molecule has 0 saturated carbocycles. The minimum atomic E-state index is -4.77. The van der Waals surface area contributed by atoms with Gasteiger partial charge in [0.2, 0.25) is 5.89 Å². The Kier molecular flexibility index (Phi) is 5.75. The molecule has 3 aromatic rings. The molecule has 0 N–H and O–H groups in total. The lowest BCUT2D eigenvalue weighted by Gasteiger charge is -2.05. The van der Waals surface area contributed by atoms with Crippen molar-refractivity contribution in [3.8, 4) is 5.75 Å². The van der Waals surface area contributed by atoms with E-state index in [-0.39, 0.29) is 11.5 Å². The third-order valence-corrected chi connectivity index (χ3v) is 4.54. The molecule has 0 spiro atoms. The van der Waals surface area contributed by atoms with Crippen LogP contribution >= 0.6 is 0 Å². The fourth-order valence-electron chi connectivity index (χ4n) is 2.14. The van der Waals surface area contributed by atoms with Crippen LogP contribution in [0, 0.1) is 0 Å². The maximum absolute atomic E-state index is 12.4. The zero-order valence-electron chi connectivity index (χ0n) is 13.8. The zero-order chi connectivity index (χ0) is 19.3. The molecule has 0 fully saturated rings. The average Bonchev–Trinajstić information content (AvgIpc) is 3.12. The first-order valence-corrected chi connectivity index (χ1v) is 8.96. The summed E-state index contributed by atoms with van der Waals surface area (Å²) in [5.74, 6) is 1.05. The highest BCUT2D eigenvalue weighted by Gasteiger charge is 2.37. The third-order valence-electron chi connectivity index (χ3n) is 3.42. The first kappa shape index (κ1) is 18.9. The van der Waals surface area contributed by atoms with Crippen molar-refractivity contribution in [2.45, 2.75) is 17.0 Å². The van der Waals surface area contributed by atoms with Crippen LogP contribution in [0.15, 0.2) is 70.2 Å². The molecule has 0 aliphatic rings. The molecule has 1 aromatic heterocycles. The molecule has 140 valence electrons. The number of hydrogen-bond donors (Lipinski definition) is 0. The van der Waals surface area contributed by atoms with Crippen LogP contribution < -0.4 is 4.74 Å². The predicted octanol–water partition coefficient (Wildman–Crippen LogP) is 5.05. The Morgan fingerprint density at radius 3 is 2.41 bits per heavy atom. The van der Waals surface area contributed by atoms with E-state index in [9.17, 15) is 17.4 Å². The summed E-state index contributed by atoms with van der Waals surface area (Å²) in [6, 6.07) is 14.5. The van der Waals surface area contributed by atoms with E-state index in [0.717, 1.165) is 0 Å². The maximum Gasteiger partial charge on any atom is 0.475 e. The van der Waals surface area contributed by atoms with E-state index in [4.69, 9.17) is 9.15 Å². The van der Waals surface area contributed by atoms with Crippen molar-refractivity contribution in [3.05, 3.63) is 78.0 Å². The summed E-state index contributed by atoms with van der Waals surface area (Å²) < 4.78 is 59.4. The van der Waals surface area contributed by atoms with Gasteiger partial charge in [0.15, 0.2) is 10.8 Å². The monoisotopic (exact) mass is 393 g/mol. The lowest BCUT2D eigenvalue weighted by Crippen LogP contribution is -2.16. The van der Waals surface area contributed by atoms with Crippen LogP contribution in [-0.4, -0.2) is 14.7 Å². The van der Waals surface area contributed by atoms with E-state index in [2.05, 4.69) is 4.98 Å². The first-order chi connectivity index (χ1) is 12.9. The molecular weight excluding hydrogens is 379 g/mol. The molecule has 0 bridgehead atoms. The highest BCUT2D eigenvalue weighted by Crippen LogP contribution is 2.26. The first-order valence-electron chi connectivity index (χ1n) is 7.81. The van der Waals surface area contributed by atoms with E-state index in [1.165, 1.54) is 30.5 Å². The van der Waals surface area contributed by atoms with Crippen molar-refractivity contribution in [1.82, 2.24) is 4.98 Å². The van der Waals surface area contributed by atoms with Gasteiger partial charge in [0.25, 0.3) is 0 Å². The second-order valence-corrected chi connectivity index (χ2v) is 6.87. The Morgan fingerprint density at radius 1 is 1.04 bits per heavy atom. The van der Waals surface area contributed by atoms with Gasteiger partial charge >= 0.3 is 5.51 Å². The molecule has 0 amide bonds. The number of benzene rings is 2. The van der Waals surface area contributed by atoms with Crippen molar-refractivity contribution in [2.24, 2.45) is 0 Å². The van der Waals surface area contributed by atoms with Crippen molar-refractivity contribution < 1.29 is 26.5 Å². The van der Waals surface area contributed by atoms with Gasteiger partial charge in [0.05, 0.1) is 0 Å². The van der Waals surface area contributed by atoms with Crippen LogP contribution in [-0.2, 0) is 17.4 Å². The topological polar surface area (TPSA) is 52.3 Å². The Morgan fingerprint density at radius 2 is 1.74 bits per heavy atom. The minimum absolute atomic E-state index is 0.249. The van der Waals surface area contributed by atoms with E-state index in [0.29, 0.717) is 22.9 Å². The number of oxazole rings is 1. The number of alkyl halides is 3. The van der Waals surface area contributed by atoms with Crippen LogP contribution in [0.2, 0.25) is 0 Å². The Labute approximate surface area is 155 Å². The Bertz CT molecular complexity index is 935. The van der Waals surface area contributed by atoms with Crippen LogP contribution in [0.1, 0.15) is 17.1 Å². The normalized spacial score (nSPS) is 13.0. The second kappa shape index (κ2) is 8.22. The van der Waals surface area contributed by atoms with Crippen molar-refractivity contribution >= 4 is 23.0 Å². The number of nitrogens with zero attached hydrogens (tertiary/aromatic N) is 1. The minimum Gasteiger partial charge on any atom is -0.487 e. The van der Waals surface area contributed by atoms with Crippen LogP contribution in [0.25, 0.3) is 12.2 Å². The molecule has 0 saturated heterocycles. The Balaban J connectivity index is 1.60. The summed E-state index contributed by atoms with van der Waals surface area (Å²) in [6.45, 7) is 0.249. The quantitative estimate of drug-likeness (QED) is 0.588. The third kappa shape index (κ3) is 5.30. The van der Waals surface area contributed by atoms with Gasteiger partial charge in [0, 0.05) is 11.0 Å². The summed E-state index contributed by atoms with van der Waals surface area (Å²) in [4.78, 5) is 3.95. The average molecular weight is 393 g/mol. The van der Waals surface area contributed by atoms with Gasteiger partial charge in [-0.15, -0.1) is 0 Å². The van der Waals surface area contributed by atoms with E-state index < -0.39 is 16.3 Å². The Hall–Kier alpha value is -2.87. The lowest BCUT2D eigenvalue weighted by molar-refractivity contribution is -0.0384. The molecule has 8 heteroatoms. The van der Waals surface area contributed by atoms with Gasteiger partial charge in [-0.2, -0.15) is 13.2 Å². The summed E-state index contributed by atoms with van der Waals surface area (Å²) in [7, 11) is -3.03. The van der Waals surface area contributed by atoms with Gasteiger partial charge in [-0.25, -0.2) is 9.19 Å². The van der Waals surface area contributed by atoms with Crippen LogP contribution in [0.3, 0.4) is 0 Å². The fourth-order valence-corrected chi connectivity index (χ4v) is 2.79. The number of rotatable bonds is 6. The van der Waals surface area contributed by atoms with Gasteiger partial charge in [-0.05, 0) is 35.9 Å². The fraction of sp³-hybridized carbons (Fsp3) is 0.105. The summed E-state index contributed by atoms with van der Waals surface area (Å²) >= 11 is 0. The SMILES string of the molecule is O=S(c1ccc(C=Cc2nc(COc3ccccc3)co2)cc1)C(F)(F)F. The molecule has 0 aliphatic heterocycles. The number of para-hydroxylation sites is 1. The van der Waals surface area contributed by atoms with E-state index in [1.54, 1.807) is 12.2 Å². The highest BCUT2D eigenvalue weighted by atomic mass is 32.2. The number of aromatic nitrogens is 1. The van der Waals surface area contributed by atoms with E-state index in [1.807, 2.05) is 30.3 Å². The molecule has 1 atom stereocenters. The molecule has 3 rings (SSSR count). The van der Waals surface area contributed by atoms with Gasteiger partial charge in [-0.3, -0.25) is 0 Å². The lowest BCUT2D eigenvalue weighted by atomic mass is 10.2. The molecule has 0 radical (unpaired) electrons. The number of ether oxygens (including phenoxy) is 1. The molecule has 1 unspecified atom stereocenters. The maximum atomic E-state index is 12.4. The largest absolute Gasteiger partial charge is 0.487 e. The zero-order valence-corrected chi connectivity index (χ0v) is 14.7. The molecule has 27 heavy (non-hydrogen) atoms. The standard InChI is InChI=1S/C19H14F3NO3S/c20-19(21,22)27(24)17-9-6-14(7-10-17)8-11-18-23-15(13-26-18)12-25-16-4-2-1-3-5-16/h1-11,13H,12H2. The molecule has 4 nitrogen and oxygen atoms in total. The molecule has 0 aliphatic carbocycles. The molecule has 1 heterocycles. The molecule has 2 aromatic carbocycles. The van der Waals surface area contributed by atoms with Crippen LogP contribution in [0.5, 0.6) is 5.75 Å². The number of hydrogen-bond acceptors (Lipinski definition) is 4. The van der Waals surface area contributed by atoms with Crippen LogP contribution in [0.4, 0.5) is 13.2 Å². The second-order valence-electron chi connectivity index (χ2n) is 5.40.